The lowest BCUT2D eigenvalue weighted by atomic mass is 10.00. The van der Waals surface area contributed by atoms with Crippen molar-refractivity contribution in [3.63, 3.8) is 0 Å². The van der Waals surface area contributed by atoms with E-state index < -0.39 is 0 Å². The van der Waals surface area contributed by atoms with Gasteiger partial charge in [0.15, 0.2) is 0 Å². The Hall–Kier alpha value is -0.160. The van der Waals surface area contributed by atoms with Gasteiger partial charge in [0.25, 0.3) is 0 Å². The van der Waals surface area contributed by atoms with Crippen LogP contribution >= 0.6 is 0 Å². The second kappa shape index (κ2) is 4.66. The van der Waals surface area contributed by atoms with Crippen molar-refractivity contribution < 1.29 is 0 Å². The summed E-state index contributed by atoms with van der Waals surface area (Å²) in [5.41, 5.74) is 11.4. The predicted octanol–water partition coefficient (Wildman–Crippen LogP) is -1.92. The third kappa shape index (κ3) is 2.75. The van der Waals surface area contributed by atoms with Crippen LogP contribution in [0.1, 0.15) is 0 Å². The second-order valence-corrected chi connectivity index (χ2v) is 3.07. The average molecular weight is 158 g/mol. The highest BCUT2D eigenvalue weighted by atomic mass is 15.0. The molecule has 2 atom stereocenters. The Bertz CT molecular complexity index is 107. The highest BCUT2D eigenvalue weighted by molar-refractivity contribution is 4.79. The molecule has 1 saturated heterocycles. The first kappa shape index (κ1) is 8.93. The van der Waals surface area contributed by atoms with Gasteiger partial charge < -0.3 is 22.1 Å². The van der Waals surface area contributed by atoms with Crippen LogP contribution in [0, 0.1) is 5.92 Å². The molecule has 11 heavy (non-hydrogen) atoms. The van der Waals surface area contributed by atoms with Gasteiger partial charge in [-0.1, -0.05) is 0 Å². The number of hydrogen-bond donors (Lipinski definition) is 4. The third-order valence-electron chi connectivity index (χ3n) is 2.17. The molecule has 0 unspecified atom stereocenters. The van der Waals surface area contributed by atoms with Gasteiger partial charge in [0.1, 0.15) is 0 Å². The van der Waals surface area contributed by atoms with Gasteiger partial charge in [-0.25, -0.2) is 0 Å². The molecule has 0 aromatic rings. The van der Waals surface area contributed by atoms with Crippen molar-refractivity contribution in [2.75, 3.05) is 32.7 Å². The number of rotatable bonds is 1. The second-order valence-electron chi connectivity index (χ2n) is 3.07. The minimum absolute atomic E-state index is 0.202. The maximum absolute atomic E-state index is 5.88. The first-order valence-corrected chi connectivity index (χ1v) is 4.21. The molecule has 6 N–H and O–H groups in total. The van der Waals surface area contributed by atoms with Crippen LogP contribution in [0.15, 0.2) is 0 Å². The number of hydrogen-bond acceptors (Lipinski definition) is 4. The summed E-state index contributed by atoms with van der Waals surface area (Å²) >= 11 is 0. The maximum atomic E-state index is 5.88. The van der Waals surface area contributed by atoms with Gasteiger partial charge in [-0.2, -0.15) is 0 Å². The molecule has 1 rings (SSSR count). The van der Waals surface area contributed by atoms with Crippen molar-refractivity contribution in [1.29, 1.82) is 0 Å². The molecule has 1 heterocycles. The summed E-state index contributed by atoms with van der Waals surface area (Å²) in [5.74, 6) is 0.419. The Kier molecular flexibility index (Phi) is 3.79. The molecule has 66 valence electrons. The van der Waals surface area contributed by atoms with E-state index >= 15 is 0 Å². The minimum atomic E-state index is 0.202. The van der Waals surface area contributed by atoms with Gasteiger partial charge >= 0.3 is 0 Å². The molecule has 0 amide bonds. The summed E-state index contributed by atoms with van der Waals surface area (Å²) in [6, 6.07) is 0.202. The van der Waals surface area contributed by atoms with Crippen molar-refractivity contribution in [2.24, 2.45) is 17.4 Å². The smallest absolute Gasteiger partial charge is 0.0218 e. The molecule has 1 aliphatic heterocycles. The van der Waals surface area contributed by atoms with Crippen molar-refractivity contribution in [1.82, 2.24) is 10.6 Å². The lowest BCUT2D eigenvalue weighted by molar-refractivity contribution is 0.363. The van der Waals surface area contributed by atoms with E-state index in [2.05, 4.69) is 10.6 Å². The Balaban J connectivity index is 2.33. The SMILES string of the molecule is NC[C@H]1CNCCNC[C@@H]1N. The van der Waals surface area contributed by atoms with Crippen molar-refractivity contribution in [2.45, 2.75) is 6.04 Å². The molecule has 0 aliphatic carbocycles. The van der Waals surface area contributed by atoms with Crippen LogP contribution in [0.3, 0.4) is 0 Å². The third-order valence-corrected chi connectivity index (χ3v) is 2.17. The average Bonchev–Trinajstić information content (AvgIpc) is 1.98. The maximum Gasteiger partial charge on any atom is 0.0218 e. The Morgan fingerprint density at radius 2 is 1.82 bits per heavy atom. The van der Waals surface area contributed by atoms with Crippen LogP contribution in [0.5, 0.6) is 0 Å². The topological polar surface area (TPSA) is 76.1 Å². The summed E-state index contributed by atoms with van der Waals surface area (Å²) in [4.78, 5) is 0. The fourth-order valence-corrected chi connectivity index (χ4v) is 1.31. The van der Waals surface area contributed by atoms with E-state index in [1.807, 2.05) is 0 Å². The molecule has 0 aromatic heterocycles. The Morgan fingerprint density at radius 3 is 2.45 bits per heavy atom. The predicted molar refractivity (Wildman–Crippen MR) is 46.3 cm³/mol. The molecule has 4 heteroatoms. The Morgan fingerprint density at radius 1 is 1.18 bits per heavy atom. The normalized spacial score (nSPS) is 34.4. The quantitative estimate of drug-likeness (QED) is 0.359. The van der Waals surface area contributed by atoms with E-state index in [1.165, 1.54) is 0 Å². The van der Waals surface area contributed by atoms with E-state index in [4.69, 9.17) is 11.5 Å². The molecular weight excluding hydrogens is 140 g/mol. The lowest BCUT2D eigenvalue weighted by Gasteiger charge is -2.25. The van der Waals surface area contributed by atoms with Crippen LogP contribution in [0.25, 0.3) is 0 Å². The zero-order valence-electron chi connectivity index (χ0n) is 6.84. The van der Waals surface area contributed by atoms with E-state index in [0.29, 0.717) is 12.5 Å². The van der Waals surface area contributed by atoms with Gasteiger partial charge in [0.2, 0.25) is 0 Å². The largest absolute Gasteiger partial charge is 0.330 e. The molecule has 1 fully saturated rings. The molecule has 0 aromatic carbocycles. The zero-order chi connectivity index (χ0) is 8.10. The van der Waals surface area contributed by atoms with Gasteiger partial charge in [-0.05, 0) is 12.5 Å². The van der Waals surface area contributed by atoms with Gasteiger partial charge in [-0.3, -0.25) is 0 Å². The number of nitrogens with one attached hydrogen (secondary N) is 2. The van der Waals surface area contributed by atoms with Crippen LogP contribution in [0.4, 0.5) is 0 Å². The summed E-state index contributed by atoms with van der Waals surface area (Å²) < 4.78 is 0. The summed E-state index contributed by atoms with van der Waals surface area (Å²) in [6.45, 7) is 4.55. The van der Waals surface area contributed by atoms with Gasteiger partial charge in [0, 0.05) is 32.2 Å². The van der Waals surface area contributed by atoms with Gasteiger partial charge in [0.05, 0.1) is 0 Å². The number of nitrogens with two attached hydrogens (primary N) is 2. The van der Waals surface area contributed by atoms with Crippen LogP contribution < -0.4 is 22.1 Å². The standard InChI is InChI=1S/C7H18N4/c8-3-6-4-10-1-2-11-5-7(6)9/h6-7,10-11H,1-5,8-9H2/t6-,7-/m0/s1. The van der Waals surface area contributed by atoms with E-state index in [-0.39, 0.29) is 6.04 Å². The monoisotopic (exact) mass is 158 g/mol. The highest BCUT2D eigenvalue weighted by Gasteiger charge is 2.16. The molecule has 0 bridgehead atoms. The molecule has 1 aliphatic rings. The van der Waals surface area contributed by atoms with Crippen molar-refractivity contribution in [3.8, 4) is 0 Å². The first-order chi connectivity index (χ1) is 5.34. The van der Waals surface area contributed by atoms with Crippen LogP contribution in [0.2, 0.25) is 0 Å². The van der Waals surface area contributed by atoms with E-state index in [9.17, 15) is 0 Å². The highest BCUT2D eigenvalue weighted by Crippen LogP contribution is 1.98. The van der Waals surface area contributed by atoms with Crippen LogP contribution in [-0.2, 0) is 0 Å². The summed E-state index contributed by atoms with van der Waals surface area (Å²) in [6.07, 6.45) is 0. The molecule has 0 spiro atoms. The van der Waals surface area contributed by atoms with Gasteiger partial charge in [-0.15, -0.1) is 0 Å². The Labute approximate surface area is 67.7 Å². The summed E-state index contributed by atoms with van der Waals surface area (Å²) in [5, 5.41) is 6.55. The lowest BCUT2D eigenvalue weighted by Crippen LogP contribution is -2.50. The minimum Gasteiger partial charge on any atom is -0.330 e. The first-order valence-electron chi connectivity index (χ1n) is 4.21. The molecule has 0 radical (unpaired) electrons. The van der Waals surface area contributed by atoms with E-state index in [0.717, 1.165) is 26.2 Å². The fourth-order valence-electron chi connectivity index (χ4n) is 1.31. The van der Waals surface area contributed by atoms with Crippen molar-refractivity contribution >= 4 is 0 Å². The molecule has 0 saturated carbocycles. The fraction of sp³-hybridized carbons (Fsp3) is 1.00. The van der Waals surface area contributed by atoms with E-state index in [1.54, 1.807) is 0 Å². The summed E-state index contributed by atoms with van der Waals surface area (Å²) in [7, 11) is 0. The van der Waals surface area contributed by atoms with Crippen LogP contribution in [-0.4, -0.2) is 38.8 Å². The molecule has 4 nitrogen and oxygen atoms in total. The zero-order valence-corrected chi connectivity index (χ0v) is 6.84. The van der Waals surface area contributed by atoms with Crippen molar-refractivity contribution in [3.05, 3.63) is 0 Å². The molecular formula is C7H18N4.